The maximum Gasteiger partial charge on any atom is 0.165 e. The second-order valence-electron chi connectivity index (χ2n) is 5.48. The maximum atomic E-state index is 13.8. The van der Waals surface area contributed by atoms with Crippen molar-refractivity contribution in [2.75, 3.05) is 0 Å². The van der Waals surface area contributed by atoms with Crippen molar-refractivity contribution in [2.24, 2.45) is 5.73 Å². The topological polar surface area (TPSA) is 53.1 Å². The van der Waals surface area contributed by atoms with Crippen molar-refractivity contribution in [1.82, 2.24) is 9.78 Å². The summed E-state index contributed by atoms with van der Waals surface area (Å²) in [7, 11) is 0. The number of nitrogens with zero attached hydrogens (tertiary/aromatic N) is 2. The number of halogens is 1. The normalized spacial score (nSPS) is 15.5. The molecule has 0 unspecified atom stereocenters. The van der Waals surface area contributed by atoms with Crippen LogP contribution in [-0.2, 0) is 13.2 Å². The number of hydrogen-bond acceptors (Lipinski definition) is 3. The van der Waals surface area contributed by atoms with E-state index in [1.807, 2.05) is 16.9 Å². The Kier molecular flexibility index (Phi) is 4.20. The minimum Gasteiger partial charge on any atom is -0.484 e. The molecule has 5 heteroatoms. The lowest BCUT2D eigenvalue weighted by atomic mass is 10.2. The summed E-state index contributed by atoms with van der Waals surface area (Å²) in [5.41, 5.74) is 7.05. The highest BCUT2D eigenvalue weighted by molar-refractivity contribution is 5.29. The van der Waals surface area contributed by atoms with Crippen LogP contribution in [0.1, 0.15) is 43.0 Å². The Morgan fingerprint density at radius 3 is 2.81 bits per heavy atom. The zero-order chi connectivity index (χ0) is 14.7. The van der Waals surface area contributed by atoms with Crippen LogP contribution in [0.4, 0.5) is 4.39 Å². The van der Waals surface area contributed by atoms with Crippen molar-refractivity contribution in [2.45, 2.75) is 44.9 Å². The summed E-state index contributed by atoms with van der Waals surface area (Å²) in [4.78, 5) is 0. The van der Waals surface area contributed by atoms with Crippen LogP contribution in [0.5, 0.6) is 5.75 Å². The smallest absolute Gasteiger partial charge is 0.165 e. The van der Waals surface area contributed by atoms with Crippen LogP contribution in [0, 0.1) is 5.82 Å². The van der Waals surface area contributed by atoms with Crippen molar-refractivity contribution >= 4 is 0 Å². The molecule has 1 heterocycles. The largest absolute Gasteiger partial charge is 0.484 e. The first-order chi connectivity index (χ1) is 10.3. The van der Waals surface area contributed by atoms with Gasteiger partial charge in [0.1, 0.15) is 6.61 Å². The van der Waals surface area contributed by atoms with Gasteiger partial charge in [0.05, 0.1) is 11.7 Å². The first kappa shape index (κ1) is 14.1. The Morgan fingerprint density at radius 2 is 2.10 bits per heavy atom. The van der Waals surface area contributed by atoms with Gasteiger partial charge >= 0.3 is 0 Å². The summed E-state index contributed by atoms with van der Waals surface area (Å²) in [6, 6.07) is 7.25. The third kappa shape index (κ3) is 3.24. The molecule has 0 aliphatic heterocycles. The molecule has 21 heavy (non-hydrogen) atoms. The van der Waals surface area contributed by atoms with Crippen molar-refractivity contribution in [3.05, 3.63) is 47.5 Å². The molecule has 1 aromatic heterocycles. The van der Waals surface area contributed by atoms with E-state index in [1.54, 1.807) is 12.1 Å². The minimum absolute atomic E-state index is 0.239. The highest BCUT2D eigenvalue weighted by atomic mass is 19.1. The molecule has 0 amide bonds. The molecule has 0 bridgehead atoms. The molecule has 0 radical (unpaired) electrons. The predicted molar refractivity (Wildman–Crippen MR) is 78.4 cm³/mol. The molecule has 0 atom stereocenters. The van der Waals surface area contributed by atoms with Gasteiger partial charge in [-0.2, -0.15) is 5.10 Å². The van der Waals surface area contributed by atoms with Crippen LogP contribution in [0.25, 0.3) is 0 Å². The zero-order valence-electron chi connectivity index (χ0n) is 12.0. The first-order valence-corrected chi connectivity index (χ1v) is 7.41. The molecule has 2 N–H and O–H groups in total. The number of aromatic nitrogens is 2. The van der Waals surface area contributed by atoms with Gasteiger partial charge in [-0.25, -0.2) is 4.39 Å². The van der Waals surface area contributed by atoms with Crippen LogP contribution in [-0.4, -0.2) is 9.78 Å². The van der Waals surface area contributed by atoms with E-state index >= 15 is 0 Å². The third-order valence-corrected chi connectivity index (χ3v) is 3.97. The highest BCUT2D eigenvalue weighted by Crippen LogP contribution is 2.28. The quantitative estimate of drug-likeness (QED) is 0.919. The van der Waals surface area contributed by atoms with E-state index in [0.29, 0.717) is 12.6 Å². The Bertz CT molecular complexity index is 605. The van der Waals surface area contributed by atoms with Gasteiger partial charge < -0.3 is 10.5 Å². The molecule has 0 saturated heterocycles. The van der Waals surface area contributed by atoms with Gasteiger partial charge in [0.15, 0.2) is 11.6 Å². The molecule has 1 fully saturated rings. The molecule has 0 spiro atoms. The van der Waals surface area contributed by atoms with E-state index in [2.05, 4.69) is 5.10 Å². The number of benzene rings is 1. The predicted octanol–water partition coefficient (Wildman–Crippen LogP) is 3.18. The lowest BCUT2D eigenvalue weighted by Crippen LogP contribution is -2.06. The fourth-order valence-electron chi connectivity index (χ4n) is 2.77. The van der Waals surface area contributed by atoms with Crippen LogP contribution in [0.2, 0.25) is 0 Å². The van der Waals surface area contributed by atoms with E-state index in [9.17, 15) is 4.39 Å². The fourth-order valence-corrected chi connectivity index (χ4v) is 2.77. The average molecular weight is 289 g/mol. The maximum absolute atomic E-state index is 13.8. The Balaban J connectivity index is 1.62. The second-order valence-corrected chi connectivity index (χ2v) is 5.48. The van der Waals surface area contributed by atoms with Crippen LogP contribution < -0.4 is 10.5 Å². The summed E-state index contributed by atoms with van der Waals surface area (Å²) in [6.45, 7) is 0.599. The van der Waals surface area contributed by atoms with Crippen molar-refractivity contribution in [3.8, 4) is 5.75 Å². The van der Waals surface area contributed by atoms with Crippen LogP contribution >= 0.6 is 0 Å². The van der Waals surface area contributed by atoms with E-state index in [4.69, 9.17) is 10.5 Å². The van der Waals surface area contributed by atoms with Crippen molar-refractivity contribution < 1.29 is 9.13 Å². The molecular weight excluding hydrogens is 269 g/mol. The second kappa shape index (κ2) is 6.26. The van der Waals surface area contributed by atoms with Gasteiger partial charge in [0, 0.05) is 12.7 Å². The van der Waals surface area contributed by atoms with Crippen LogP contribution in [0.3, 0.4) is 0 Å². The van der Waals surface area contributed by atoms with Gasteiger partial charge in [-0.15, -0.1) is 0 Å². The molecule has 3 rings (SSSR count). The molecule has 4 nitrogen and oxygen atoms in total. The van der Waals surface area contributed by atoms with E-state index < -0.39 is 0 Å². The highest BCUT2D eigenvalue weighted by Gasteiger charge is 2.17. The summed E-state index contributed by atoms with van der Waals surface area (Å²) in [5, 5.41) is 4.52. The first-order valence-electron chi connectivity index (χ1n) is 7.41. The fraction of sp³-hybridized carbons (Fsp3) is 0.438. The van der Waals surface area contributed by atoms with Gasteiger partial charge in [-0.3, -0.25) is 4.68 Å². The van der Waals surface area contributed by atoms with E-state index in [0.717, 1.165) is 11.3 Å². The van der Waals surface area contributed by atoms with E-state index in [1.165, 1.54) is 31.7 Å². The number of nitrogens with two attached hydrogens (primary N) is 1. The summed E-state index contributed by atoms with van der Waals surface area (Å²) >= 11 is 0. The average Bonchev–Trinajstić information content (AvgIpc) is 3.16. The molecule has 2 aromatic rings. The minimum atomic E-state index is -0.381. The van der Waals surface area contributed by atoms with Crippen molar-refractivity contribution in [1.29, 1.82) is 0 Å². The lowest BCUT2D eigenvalue weighted by molar-refractivity contribution is 0.283. The Morgan fingerprint density at radius 1 is 1.29 bits per heavy atom. The lowest BCUT2D eigenvalue weighted by Gasteiger charge is -2.09. The summed E-state index contributed by atoms with van der Waals surface area (Å²) in [5.74, 6) is -0.143. The monoisotopic (exact) mass is 289 g/mol. The number of ether oxygens (including phenoxy) is 1. The summed E-state index contributed by atoms with van der Waals surface area (Å²) in [6.07, 6.45) is 6.92. The SMILES string of the molecule is NCc1ccc(OCc2ccn(C3CCCC3)n2)c(F)c1. The van der Waals surface area contributed by atoms with Gasteiger partial charge in [0.25, 0.3) is 0 Å². The van der Waals surface area contributed by atoms with Crippen molar-refractivity contribution in [3.63, 3.8) is 0 Å². The number of hydrogen-bond donors (Lipinski definition) is 1. The third-order valence-electron chi connectivity index (χ3n) is 3.97. The summed E-state index contributed by atoms with van der Waals surface area (Å²) < 4.78 is 21.3. The molecule has 112 valence electrons. The van der Waals surface area contributed by atoms with Gasteiger partial charge in [-0.1, -0.05) is 18.9 Å². The molecular formula is C16H20FN3O. The van der Waals surface area contributed by atoms with Gasteiger partial charge in [-0.05, 0) is 36.6 Å². The van der Waals surface area contributed by atoms with Crippen LogP contribution in [0.15, 0.2) is 30.5 Å². The molecule has 1 aromatic carbocycles. The Labute approximate surface area is 123 Å². The van der Waals surface area contributed by atoms with E-state index in [-0.39, 0.29) is 18.2 Å². The zero-order valence-corrected chi connectivity index (χ0v) is 12.0. The molecule has 1 aliphatic rings. The Hall–Kier alpha value is -1.88. The molecule has 1 saturated carbocycles. The number of rotatable bonds is 5. The van der Waals surface area contributed by atoms with Gasteiger partial charge in [0.2, 0.25) is 0 Å². The standard InChI is InChI=1S/C16H20FN3O/c17-15-9-12(10-18)5-6-16(15)21-11-13-7-8-20(19-13)14-3-1-2-4-14/h5-9,14H,1-4,10-11,18H2. The molecule has 1 aliphatic carbocycles.